The van der Waals surface area contributed by atoms with Gasteiger partial charge in [-0.1, -0.05) is 0 Å². The minimum atomic E-state index is -0.861. The first-order chi connectivity index (χ1) is 3.46. The van der Waals surface area contributed by atoms with Crippen molar-refractivity contribution in [1.29, 1.82) is 0 Å². The van der Waals surface area contributed by atoms with E-state index in [0.29, 0.717) is 0 Å². The van der Waals surface area contributed by atoms with Crippen LogP contribution in [0.1, 0.15) is 0 Å². The van der Waals surface area contributed by atoms with E-state index < -0.39 is 13.4 Å². The quantitative estimate of drug-likeness (QED) is 0.456. The van der Waals surface area contributed by atoms with E-state index in [1.165, 1.54) is 0 Å². The Bertz CT molecular complexity index is 30.4. The molecule has 0 amide bonds. The summed E-state index contributed by atoms with van der Waals surface area (Å²) in [6.07, 6.45) is 0. The predicted molar refractivity (Wildman–Crippen MR) is 46.7 cm³/mol. The molecule has 9 heavy (non-hydrogen) atoms. The van der Waals surface area contributed by atoms with E-state index in [-0.39, 0.29) is 44.3 Å². The molecule has 0 aliphatic carbocycles. The summed E-state index contributed by atoms with van der Waals surface area (Å²) in [5, 5.41) is 0. The molecular formula is C5H15ClGe2Np. The summed E-state index contributed by atoms with van der Waals surface area (Å²) < 4.78 is 0. The average Bonchev–Trinajstić information content (AvgIpc) is 1.25. The van der Waals surface area contributed by atoms with E-state index in [1.807, 2.05) is 0 Å². The first kappa shape index (κ1) is 17.5. The SMILES string of the molecule is [CH3][Ge]([CH3])[CH3].[CH3][Ge]([CH3])[Cl].[Np]. The third kappa shape index (κ3) is 128. The van der Waals surface area contributed by atoms with Crippen LogP contribution in [0.2, 0.25) is 28.8 Å². The van der Waals surface area contributed by atoms with Gasteiger partial charge in [0.05, 0.1) is 0 Å². The molecule has 0 aromatic carbocycles. The summed E-state index contributed by atoms with van der Waals surface area (Å²) in [7, 11) is 5.44. The van der Waals surface area contributed by atoms with Gasteiger partial charge in [0, 0.05) is 29.9 Å². The van der Waals surface area contributed by atoms with Crippen LogP contribution in [0.5, 0.6) is 0 Å². The second-order valence-electron chi connectivity index (χ2n) is 2.38. The molecule has 0 saturated heterocycles. The molecule has 0 aromatic heterocycles. The predicted octanol–water partition coefficient (Wildman–Crippen LogP) is 2.85. The van der Waals surface area contributed by atoms with Gasteiger partial charge in [0.15, 0.2) is 0 Å². The molecule has 55 valence electrons. The van der Waals surface area contributed by atoms with Gasteiger partial charge in [-0.05, 0) is 0 Å². The monoisotopic (exact) mass is 494 g/mol. The molecule has 0 aromatic rings. The second-order valence-corrected chi connectivity index (χ2v) is 16.3. The zero-order valence-corrected chi connectivity index (χ0v) is 15.5. The van der Waals surface area contributed by atoms with Gasteiger partial charge in [0.2, 0.25) is 0 Å². The van der Waals surface area contributed by atoms with Crippen molar-refractivity contribution in [2.75, 3.05) is 0 Å². The summed E-state index contributed by atoms with van der Waals surface area (Å²) >= 11 is -1.19. The van der Waals surface area contributed by atoms with Gasteiger partial charge in [-0.25, -0.2) is 0 Å². The van der Waals surface area contributed by atoms with Crippen LogP contribution in [0.25, 0.3) is 0 Å². The zero-order valence-electron chi connectivity index (χ0n) is 6.83. The summed E-state index contributed by atoms with van der Waals surface area (Å²) in [6, 6.07) is 0. The van der Waals surface area contributed by atoms with E-state index in [1.54, 1.807) is 0 Å². The molecule has 0 aliphatic heterocycles. The van der Waals surface area contributed by atoms with Gasteiger partial charge < -0.3 is 0 Å². The van der Waals surface area contributed by atoms with Crippen molar-refractivity contribution in [3.05, 3.63) is 0 Å². The van der Waals surface area contributed by atoms with Crippen LogP contribution in [0.3, 0.4) is 0 Å². The Labute approximate surface area is 95.2 Å². The Morgan fingerprint density at radius 2 is 0.889 bits per heavy atom. The summed E-state index contributed by atoms with van der Waals surface area (Å²) in [5.74, 6) is 11.2. The summed E-state index contributed by atoms with van der Waals surface area (Å²) in [4.78, 5) is 0. The molecule has 3 radical (unpaired) electrons. The Balaban J connectivity index is -0.0000000720. The first-order valence-corrected chi connectivity index (χ1v) is 15.9. The summed E-state index contributed by atoms with van der Waals surface area (Å²) in [6.45, 7) is 0. The molecule has 0 bridgehead atoms. The van der Waals surface area contributed by atoms with Crippen molar-refractivity contribution < 1.29 is 29.9 Å². The van der Waals surface area contributed by atoms with Crippen molar-refractivity contribution >= 4 is 37.8 Å². The van der Waals surface area contributed by atoms with E-state index in [0.717, 1.165) is 0 Å². The zero-order chi connectivity index (χ0) is 7.15. The fourth-order valence-electron chi connectivity index (χ4n) is 0. The molecule has 0 atom stereocenters. The second kappa shape index (κ2) is 13.0. The van der Waals surface area contributed by atoms with Gasteiger partial charge >= 0.3 is 66.6 Å². The maximum absolute atomic E-state index is 5.44. The van der Waals surface area contributed by atoms with Crippen LogP contribution in [0.15, 0.2) is 0 Å². The van der Waals surface area contributed by atoms with Crippen molar-refractivity contribution in [2.24, 2.45) is 0 Å². The number of halogens is 1. The maximum atomic E-state index is 5.44. The number of hydrogen-bond donors (Lipinski definition) is 0. The van der Waals surface area contributed by atoms with Crippen LogP contribution in [0.4, 0.5) is 0 Å². The minimum Gasteiger partial charge on any atom is 0 e. The van der Waals surface area contributed by atoms with Gasteiger partial charge in [0.25, 0.3) is 0 Å². The van der Waals surface area contributed by atoms with Crippen molar-refractivity contribution in [3.8, 4) is 0 Å². The topological polar surface area (TPSA) is 0 Å². The molecule has 0 heterocycles. The third-order valence-electron chi connectivity index (χ3n) is 0. The molecule has 0 N–H and O–H groups in total. The van der Waals surface area contributed by atoms with Crippen LogP contribution in [-0.4, -0.2) is 27.8 Å². The van der Waals surface area contributed by atoms with Crippen LogP contribution in [-0.2, 0) is 0 Å². The Kier molecular flexibility index (Phi) is 25.3. The van der Waals surface area contributed by atoms with Gasteiger partial charge in [-0.3, -0.25) is 0 Å². The maximum Gasteiger partial charge on any atom is 0 e. The molecule has 0 unspecified atom stereocenters. The largest absolute Gasteiger partial charge is 0 e. The third-order valence-corrected chi connectivity index (χ3v) is 0. The first-order valence-electron chi connectivity index (χ1n) is 2.69. The standard InChI is InChI=1S/C3H9Ge.C2H6ClGe.Np/c2*1-4(2)3;/h1-3H3;1-2H3;. The normalized spacial score (nSPS) is 8.00. The Morgan fingerprint density at radius 1 is 0.889 bits per heavy atom. The molecule has 4 heteroatoms. The Morgan fingerprint density at radius 3 is 0.889 bits per heavy atom. The fourth-order valence-corrected chi connectivity index (χ4v) is 0. The molecule has 0 aliphatic rings. The van der Waals surface area contributed by atoms with E-state index in [2.05, 4.69) is 28.8 Å². The molecule has 0 rings (SSSR count). The van der Waals surface area contributed by atoms with Crippen LogP contribution >= 0.6 is 10.0 Å². The molecule has 0 fully saturated rings. The van der Waals surface area contributed by atoms with E-state index >= 15 is 0 Å². The Hall–Kier alpha value is 2.39. The smallest absolute Gasteiger partial charge is 0 e. The molecule has 0 saturated carbocycles. The van der Waals surface area contributed by atoms with Gasteiger partial charge in [0.1, 0.15) is 0 Å². The number of rotatable bonds is 0. The van der Waals surface area contributed by atoms with Crippen LogP contribution in [0, 0.1) is 29.9 Å². The average molecular weight is 493 g/mol. The molecule has 0 spiro atoms. The van der Waals surface area contributed by atoms with E-state index in [9.17, 15) is 0 Å². The summed E-state index contributed by atoms with van der Waals surface area (Å²) in [5.41, 5.74) is 0. The van der Waals surface area contributed by atoms with Crippen molar-refractivity contribution in [2.45, 2.75) is 28.8 Å². The van der Waals surface area contributed by atoms with Gasteiger partial charge in [-0.2, -0.15) is 0 Å². The van der Waals surface area contributed by atoms with Crippen molar-refractivity contribution in [1.82, 2.24) is 0 Å². The van der Waals surface area contributed by atoms with Crippen LogP contribution < -0.4 is 0 Å². The number of hydrogen-bond acceptors (Lipinski definition) is 0. The van der Waals surface area contributed by atoms with Gasteiger partial charge in [-0.15, -0.1) is 0 Å². The van der Waals surface area contributed by atoms with E-state index in [4.69, 9.17) is 10.0 Å². The molecular weight excluding hydrogens is 478 g/mol. The molecule has 0 nitrogen and oxygen atoms in total. The fraction of sp³-hybridized carbons (Fsp3) is 1.00. The minimum absolute atomic E-state index is 0. The van der Waals surface area contributed by atoms with Crippen molar-refractivity contribution in [3.63, 3.8) is 0 Å².